The first-order valence-corrected chi connectivity index (χ1v) is 6.60. The van der Waals surface area contributed by atoms with Gasteiger partial charge >= 0.3 is 12.1 Å². The lowest BCUT2D eigenvalue weighted by Gasteiger charge is -2.31. The first-order chi connectivity index (χ1) is 8.58. The van der Waals surface area contributed by atoms with Gasteiger partial charge in [-0.15, -0.1) is 0 Å². The van der Waals surface area contributed by atoms with E-state index in [1.165, 1.54) is 0 Å². The summed E-state index contributed by atoms with van der Waals surface area (Å²) in [4.78, 5) is 11.5. The van der Waals surface area contributed by atoms with E-state index in [9.17, 15) is 18.0 Å². The molecule has 0 amide bonds. The Morgan fingerprint density at radius 1 is 1.26 bits per heavy atom. The molecule has 0 aromatic heterocycles. The van der Waals surface area contributed by atoms with Crippen LogP contribution in [-0.2, 0) is 9.53 Å². The first-order valence-electron chi connectivity index (χ1n) is 6.60. The van der Waals surface area contributed by atoms with Gasteiger partial charge in [0.05, 0.1) is 0 Å². The zero-order chi connectivity index (χ0) is 14.7. The molecule has 0 aromatic rings. The fourth-order valence-electron chi connectivity index (χ4n) is 2.16. The monoisotopic (exact) mass is 281 g/mol. The molecule has 1 heterocycles. The molecule has 1 aliphatic rings. The zero-order valence-electron chi connectivity index (χ0n) is 11.6. The van der Waals surface area contributed by atoms with Gasteiger partial charge in [-0.1, -0.05) is 0 Å². The maximum absolute atomic E-state index is 12.4. The molecule has 3 nitrogen and oxygen atoms in total. The molecule has 2 unspecified atom stereocenters. The Hall–Kier alpha value is -0.780. The molecule has 1 saturated heterocycles. The molecule has 19 heavy (non-hydrogen) atoms. The van der Waals surface area contributed by atoms with Gasteiger partial charge in [0.25, 0.3) is 0 Å². The number of halogens is 3. The zero-order valence-corrected chi connectivity index (χ0v) is 11.6. The van der Waals surface area contributed by atoms with Gasteiger partial charge in [0.1, 0.15) is 11.6 Å². The van der Waals surface area contributed by atoms with E-state index in [1.807, 2.05) is 0 Å². The van der Waals surface area contributed by atoms with Crippen LogP contribution in [0, 0.1) is 5.92 Å². The summed E-state index contributed by atoms with van der Waals surface area (Å²) in [5.41, 5.74) is -0.511. The Labute approximate surface area is 111 Å². The highest BCUT2D eigenvalue weighted by atomic mass is 19.4. The van der Waals surface area contributed by atoms with E-state index in [0.717, 1.165) is 0 Å². The summed E-state index contributed by atoms with van der Waals surface area (Å²) < 4.78 is 42.5. The lowest BCUT2D eigenvalue weighted by atomic mass is 9.91. The van der Waals surface area contributed by atoms with Crippen molar-refractivity contribution in [3.63, 3.8) is 0 Å². The summed E-state index contributed by atoms with van der Waals surface area (Å²) in [6.07, 6.45) is -2.74. The number of ether oxygens (including phenoxy) is 1. The van der Waals surface area contributed by atoms with Crippen LogP contribution in [0.3, 0.4) is 0 Å². The van der Waals surface area contributed by atoms with Crippen molar-refractivity contribution in [2.75, 3.05) is 6.54 Å². The predicted octanol–water partition coefficient (Wildman–Crippen LogP) is 3.04. The van der Waals surface area contributed by atoms with E-state index in [0.29, 0.717) is 19.4 Å². The Bertz CT molecular complexity index is 302. The van der Waals surface area contributed by atoms with Crippen molar-refractivity contribution in [3.8, 4) is 0 Å². The first kappa shape index (κ1) is 16.3. The number of carbonyl (C=O) groups excluding carboxylic acids is 1. The normalized spacial score (nSPS) is 25.2. The topological polar surface area (TPSA) is 38.3 Å². The number of esters is 1. The van der Waals surface area contributed by atoms with Crippen molar-refractivity contribution in [2.24, 2.45) is 5.92 Å². The summed E-state index contributed by atoms with van der Waals surface area (Å²) in [6, 6.07) is -1.40. The minimum atomic E-state index is -4.17. The summed E-state index contributed by atoms with van der Waals surface area (Å²) in [7, 11) is 0. The number of nitrogens with one attached hydrogen (secondary N) is 1. The number of hydrogen-bond donors (Lipinski definition) is 1. The lowest BCUT2D eigenvalue weighted by Crippen LogP contribution is -2.48. The van der Waals surface area contributed by atoms with Crippen molar-refractivity contribution in [1.82, 2.24) is 5.32 Å². The molecule has 112 valence electrons. The van der Waals surface area contributed by atoms with E-state index < -0.39 is 17.8 Å². The number of rotatable bonds is 3. The van der Waals surface area contributed by atoms with E-state index in [-0.39, 0.29) is 24.7 Å². The molecule has 1 fully saturated rings. The summed E-state index contributed by atoms with van der Waals surface area (Å²) in [6.45, 7) is 5.69. The third kappa shape index (κ3) is 6.27. The highest BCUT2D eigenvalue weighted by Crippen LogP contribution is 2.29. The van der Waals surface area contributed by atoms with E-state index in [2.05, 4.69) is 5.32 Å². The smallest absolute Gasteiger partial charge is 0.403 e. The molecule has 2 atom stereocenters. The molecule has 1 aliphatic heterocycles. The maximum atomic E-state index is 12.4. The quantitative estimate of drug-likeness (QED) is 0.808. The third-order valence-corrected chi connectivity index (χ3v) is 3.09. The fraction of sp³-hybridized carbons (Fsp3) is 0.923. The lowest BCUT2D eigenvalue weighted by molar-refractivity contribution is -0.163. The van der Waals surface area contributed by atoms with Gasteiger partial charge < -0.3 is 10.1 Å². The molecule has 6 heteroatoms. The van der Waals surface area contributed by atoms with Crippen LogP contribution >= 0.6 is 0 Å². The number of carbonyl (C=O) groups is 1. The Balaban J connectivity index is 2.25. The fourth-order valence-corrected chi connectivity index (χ4v) is 2.16. The van der Waals surface area contributed by atoms with Gasteiger partial charge in [-0.25, -0.2) is 0 Å². The molecule has 0 aliphatic carbocycles. The van der Waals surface area contributed by atoms with Crippen molar-refractivity contribution in [2.45, 2.75) is 64.3 Å². The molecule has 1 rings (SSSR count). The largest absolute Gasteiger partial charge is 0.460 e. The average Bonchev–Trinajstić information content (AvgIpc) is 2.23. The number of hydrogen-bond acceptors (Lipinski definition) is 3. The van der Waals surface area contributed by atoms with Crippen LogP contribution in [-0.4, -0.2) is 30.3 Å². The van der Waals surface area contributed by atoms with Crippen LogP contribution in [0.4, 0.5) is 13.2 Å². The Morgan fingerprint density at radius 2 is 1.89 bits per heavy atom. The molecular formula is C13H22F3NO2. The van der Waals surface area contributed by atoms with Gasteiger partial charge in [-0.3, -0.25) is 4.79 Å². The second kappa shape index (κ2) is 6.11. The van der Waals surface area contributed by atoms with Crippen LogP contribution in [0.15, 0.2) is 0 Å². The standard InChI is InChI=1S/C13H22F3NO2/c1-12(2,3)19-11(18)7-5-9-4-6-10(17-8-9)13(14,15)16/h9-10,17H,4-8H2,1-3H3. The molecule has 0 aromatic carbocycles. The number of alkyl halides is 3. The second-order valence-electron chi connectivity index (χ2n) is 6.07. The molecule has 1 N–H and O–H groups in total. The van der Waals surface area contributed by atoms with E-state index in [1.54, 1.807) is 20.8 Å². The number of piperidine rings is 1. The van der Waals surface area contributed by atoms with E-state index in [4.69, 9.17) is 4.74 Å². The second-order valence-corrected chi connectivity index (χ2v) is 6.07. The summed E-state index contributed by atoms with van der Waals surface area (Å²) in [5, 5.41) is 2.50. The Kier molecular flexibility index (Phi) is 5.24. The van der Waals surface area contributed by atoms with Crippen LogP contribution in [0.5, 0.6) is 0 Å². The van der Waals surface area contributed by atoms with Gasteiger partial charge in [-0.2, -0.15) is 13.2 Å². The molecule has 0 bridgehead atoms. The minimum absolute atomic E-state index is 0.0858. The van der Waals surface area contributed by atoms with Gasteiger partial charge in [0, 0.05) is 6.42 Å². The molecule has 0 spiro atoms. The van der Waals surface area contributed by atoms with Crippen molar-refractivity contribution < 1.29 is 22.7 Å². The van der Waals surface area contributed by atoms with Gasteiger partial charge in [0.2, 0.25) is 0 Å². The summed E-state index contributed by atoms with van der Waals surface area (Å²) >= 11 is 0. The summed E-state index contributed by atoms with van der Waals surface area (Å²) in [5.74, 6) is -0.170. The van der Waals surface area contributed by atoms with Crippen molar-refractivity contribution in [3.05, 3.63) is 0 Å². The highest BCUT2D eigenvalue weighted by Gasteiger charge is 2.41. The average molecular weight is 281 g/mol. The van der Waals surface area contributed by atoms with Gasteiger partial charge in [-0.05, 0) is 52.5 Å². The van der Waals surface area contributed by atoms with Crippen LogP contribution < -0.4 is 5.32 Å². The highest BCUT2D eigenvalue weighted by molar-refractivity contribution is 5.69. The van der Waals surface area contributed by atoms with Crippen LogP contribution in [0.2, 0.25) is 0 Å². The minimum Gasteiger partial charge on any atom is -0.460 e. The third-order valence-electron chi connectivity index (χ3n) is 3.09. The maximum Gasteiger partial charge on any atom is 0.403 e. The SMILES string of the molecule is CC(C)(C)OC(=O)CCC1CCC(C(F)(F)F)NC1. The van der Waals surface area contributed by atoms with Gasteiger partial charge in [0.15, 0.2) is 0 Å². The van der Waals surface area contributed by atoms with Crippen LogP contribution in [0.25, 0.3) is 0 Å². The molecular weight excluding hydrogens is 259 g/mol. The predicted molar refractivity (Wildman–Crippen MR) is 65.6 cm³/mol. The van der Waals surface area contributed by atoms with Crippen LogP contribution in [0.1, 0.15) is 46.5 Å². The molecule has 0 radical (unpaired) electrons. The van der Waals surface area contributed by atoms with Crippen molar-refractivity contribution >= 4 is 5.97 Å². The van der Waals surface area contributed by atoms with E-state index >= 15 is 0 Å². The molecule has 0 saturated carbocycles. The Morgan fingerprint density at radius 3 is 2.32 bits per heavy atom. The van der Waals surface area contributed by atoms with Crippen molar-refractivity contribution in [1.29, 1.82) is 0 Å².